The van der Waals surface area contributed by atoms with E-state index in [4.69, 9.17) is 16.3 Å². The zero-order valence-electron chi connectivity index (χ0n) is 22.3. The number of ether oxygens (including phenoxy) is 1. The number of carbonyl (C=O) groups is 1. The molecule has 2 aromatic rings. The van der Waals surface area contributed by atoms with Crippen LogP contribution in [0.1, 0.15) is 94.7 Å². The molecule has 7 heteroatoms. The number of methoxy groups -OCH3 is 1. The number of hydrogen-bond acceptors (Lipinski definition) is 4. The number of carbonyl (C=O) groups excluding carboxylic acids is 1. The molecule has 37 heavy (non-hydrogen) atoms. The summed E-state index contributed by atoms with van der Waals surface area (Å²) in [6.07, 6.45) is 12.7. The smallest absolute Gasteiger partial charge is 0.305 e. The van der Waals surface area contributed by atoms with Crippen LogP contribution < -0.4 is 4.72 Å². The van der Waals surface area contributed by atoms with Crippen LogP contribution in [0.15, 0.2) is 53.4 Å². The molecule has 0 heterocycles. The van der Waals surface area contributed by atoms with Crippen LogP contribution in [0.4, 0.5) is 0 Å². The van der Waals surface area contributed by atoms with Crippen LogP contribution in [0.2, 0.25) is 5.02 Å². The second-order valence-corrected chi connectivity index (χ2v) is 12.5. The highest BCUT2D eigenvalue weighted by Crippen LogP contribution is 2.39. The largest absolute Gasteiger partial charge is 0.469 e. The van der Waals surface area contributed by atoms with E-state index in [1.54, 1.807) is 24.3 Å². The van der Waals surface area contributed by atoms with Crippen molar-refractivity contribution in [1.82, 2.24) is 4.72 Å². The van der Waals surface area contributed by atoms with Crippen molar-refractivity contribution in [3.8, 4) is 0 Å². The number of nitrogens with one attached hydrogen (secondary N) is 1. The molecule has 3 rings (SSSR count). The third-order valence-electron chi connectivity index (χ3n) is 7.65. The Morgan fingerprint density at radius 3 is 2.27 bits per heavy atom. The van der Waals surface area contributed by atoms with Crippen LogP contribution in [0.5, 0.6) is 0 Å². The Bertz CT molecular complexity index is 1060. The third-order valence-corrected chi connectivity index (χ3v) is 9.36. The minimum atomic E-state index is -3.70. The van der Waals surface area contributed by atoms with Gasteiger partial charge in [-0.3, -0.25) is 4.79 Å². The van der Waals surface area contributed by atoms with Crippen molar-refractivity contribution in [3.05, 3.63) is 64.7 Å². The maximum atomic E-state index is 13.3. The van der Waals surface area contributed by atoms with E-state index in [-0.39, 0.29) is 22.8 Å². The van der Waals surface area contributed by atoms with E-state index in [0.717, 1.165) is 55.6 Å². The van der Waals surface area contributed by atoms with Gasteiger partial charge < -0.3 is 4.74 Å². The van der Waals surface area contributed by atoms with E-state index in [2.05, 4.69) is 23.8 Å². The lowest BCUT2D eigenvalue weighted by Crippen LogP contribution is -2.35. The molecule has 0 bridgehead atoms. The van der Waals surface area contributed by atoms with Crippen LogP contribution in [0, 0.1) is 11.8 Å². The zero-order chi connectivity index (χ0) is 26.7. The minimum Gasteiger partial charge on any atom is -0.469 e. The van der Waals surface area contributed by atoms with Crippen LogP contribution in [-0.2, 0) is 26.0 Å². The summed E-state index contributed by atoms with van der Waals surface area (Å²) >= 11 is 5.99. The third kappa shape index (κ3) is 9.42. The van der Waals surface area contributed by atoms with Gasteiger partial charge in [0, 0.05) is 17.5 Å². The first-order valence-electron chi connectivity index (χ1n) is 13.8. The van der Waals surface area contributed by atoms with Crippen molar-refractivity contribution >= 4 is 27.6 Å². The summed E-state index contributed by atoms with van der Waals surface area (Å²) in [6, 6.07) is 14.2. The van der Waals surface area contributed by atoms with Gasteiger partial charge in [-0.1, -0.05) is 87.7 Å². The Hall–Kier alpha value is -1.89. The van der Waals surface area contributed by atoms with Gasteiger partial charge in [-0.05, 0) is 72.9 Å². The Kier molecular flexibility index (Phi) is 11.9. The lowest BCUT2D eigenvalue weighted by atomic mass is 9.75. The topological polar surface area (TPSA) is 72.5 Å². The van der Waals surface area contributed by atoms with Crippen LogP contribution >= 0.6 is 11.6 Å². The zero-order valence-corrected chi connectivity index (χ0v) is 23.8. The summed E-state index contributed by atoms with van der Waals surface area (Å²) in [5.41, 5.74) is 2.11. The average molecular weight is 548 g/mol. The molecular formula is C30H42ClNO4S. The van der Waals surface area contributed by atoms with E-state index in [9.17, 15) is 13.2 Å². The van der Waals surface area contributed by atoms with Crippen molar-refractivity contribution < 1.29 is 17.9 Å². The molecule has 5 nitrogen and oxygen atoms in total. The molecule has 0 aromatic heterocycles. The first kappa shape index (κ1) is 29.7. The van der Waals surface area contributed by atoms with Gasteiger partial charge in [0.15, 0.2) is 0 Å². The predicted molar refractivity (Wildman–Crippen MR) is 150 cm³/mol. The summed E-state index contributed by atoms with van der Waals surface area (Å²) < 4.78 is 34.4. The summed E-state index contributed by atoms with van der Waals surface area (Å²) in [6.45, 7) is 2.24. The van der Waals surface area contributed by atoms with Gasteiger partial charge in [0.25, 0.3) is 0 Å². The van der Waals surface area contributed by atoms with Crippen molar-refractivity contribution in [2.45, 2.75) is 94.9 Å². The van der Waals surface area contributed by atoms with Crippen molar-refractivity contribution in [1.29, 1.82) is 0 Å². The Morgan fingerprint density at radius 1 is 0.973 bits per heavy atom. The van der Waals surface area contributed by atoms with Crippen LogP contribution in [-0.4, -0.2) is 21.5 Å². The van der Waals surface area contributed by atoms with Gasteiger partial charge in [-0.25, -0.2) is 13.1 Å². The maximum Gasteiger partial charge on any atom is 0.305 e. The molecule has 2 aromatic carbocycles. The number of esters is 1. The van der Waals surface area contributed by atoms with Gasteiger partial charge in [-0.15, -0.1) is 0 Å². The van der Waals surface area contributed by atoms with E-state index < -0.39 is 10.0 Å². The molecule has 1 atom stereocenters. The first-order valence-corrected chi connectivity index (χ1v) is 15.6. The summed E-state index contributed by atoms with van der Waals surface area (Å²) in [4.78, 5) is 11.6. The summed E-state index contributed by atoms with van der Waals surface area (Å²) in [7, 11) is -2.30. The van der Waals surface area contributed by atoms with Gasteiger partial charge in [-0.2, -0.15) is 0 Å². The molecule has 0 aliphatic heterocycles. The Balaban J connectivity index is 1.72. The van der Waals surface area contributed by atoms with Gasteiger partial charge in [0.1, 0.15) is 0 Å². The molecule has 1 aliphatic carbocycles. The van der Waals surface area contributed by atoms with E-state index >= 15 is 0 Å². The maximum absolute atomic E-state index is 13.3. The van der Waals surface area contributed by atoms with Gasteiger partial charge in [0.05, 0.1) is 12.0 Å². The average Bonchev–Trinajstić information content (AvgIpc) is 2.91. The first-order chi connectivity index (χ1) is 17.8. The number of aryl methyl sites for hydroxylation is 1. The second-order valence-electron chi connectivity index (χ2n) is 10.4. The molecule has 1 saturated carbocycles. The van der Waals surface area contributed by atoms with Crippen molar-refractivity contribution in [2.24, 2.45) is 11.8 Å². The normalized spacial score (nSPS) is 18.9. The molecule has 0 amide bonds. The number of sulfonamides is 1. The number of hydrogen-bond donors (Lipinski definition) is 1. The molecule has 0 radical (unpaired) electrons. The predicted octanol–water partition coefficient (Wildman–Crippen LogP) is 7.63. The van der Waals surface area contributed by atoms with E-state index in [1.807, 2.05) is 12.1 Å². The van der Waals surface area contributed by atoms with Crippen molar-refractivity contribution in [2.75, 3.05) is 7.11 Å². The number of halogens is 1. The monoisotopic (exact) mass is 547 g/mol. The summed E-state index contributed by atoms with van der Waals surface area (Å²) in [5, 5.41) is 0.510. The van der Waals surface area contributed by atoms with Crippen LogP contribution in [0.3, 0.4) is 0 Å². The molecule has 1 aliphatic rings. The molecule has 0 spiro atoms. The minimum absolute atomic E-state index is 0.200. The van der Waals surface area contributed by atoms with Crippen LogP contribution in [0.25, 0.3) is 0 Å². The van der Waals surface area contributed by atoms with E-state index in [1.165, 1.54) is 39.2 Å². The SMILES string of the molecule is CCCCCCC1CCC(C(NS(=O)(=O)c2ccc(Cl)cc2)c2ccc(CCCC(=O)OC)cc2)CC1. The molecule has 1 fully saturated rings. The fourth-order valence-electron chi connectivity index (χ4n) is 5.39. The van der Waals surface area contributed by atoms with Gasteiger partial charge >= 0.3 is 5.97 Å². The fraction of sp³-hybridized carbons (Fsp3) is 0.567. The van der Waals surface area contributed by atoms with Crippen molar-refractivity contribution in [3.63, 3.8) is 0 Å². The lowest BCUT2D eigenvalue weighted by molar-refractivity contribution is -0.140. The molecule has 204 valence electrons. The highest BCUT2D eigenvalue weighted by Gasteiger charge is 2.32. The van der Waals surface area contributed by atoms with Gasteiger partial charge in [0.2, 0.25) is 10.0 Å². The second kappa shape index (κ2) is 14.9. The Morgan fingerprint density at radius 2 is 1.65 bits per heavy atom. The molecule has 0 saturated heterocycles. The molecular weight excluding hydrogens is 506 g/mol. The number of rotatable bonds is 14. The fourth-order valence-corrected chi connectivity index (χ4v) is 6.81. The number of unbranched alkanes of at least 4 members (excludes halogenated alkanes) is 3. The number of benzene rings is 2. The summed E-state index contributed by atoms with van der Waals surface area (Å²) in [5.74, 6) is 0.798. The highest BCUT2D eigenvalue weighted by molar-refractivity contribution is 7.89. The standard InChI is InChI=1S/C30H42ClNO4S/c1-3-4-5-6-8-23-11-15-25(16-12-23)30(32-37(34,35)28-21-19-27(31)20-22-28)26-17-13-24(14-18-26)9-7-10-29(33)36-2/h13-14,17-23,25,30,32H,3-12,15-16H2,1-2H3. The highest BCUT2D eigenvalue weighted by atomic mass is 35.5. The quantitative estimate of drug-likeness (QED) is 0.195. The van der Waals surface area contributed by atoms with E-state index in [0.29, 0.717) is 11.4 Å². The molecule has 1 N–H and O–H groups in total. The Labute approximate surface area is 228 Å². The molecule has 1 unspecified atom stereocenters. The lowest BCUT2D eigenvalue weighted by Gasteiger charge is -2.34.